The van der Waals surface area contributed by atoms with Crippen molar-refractivity contribution in [2.24, 2.45) is 0 Å². The van der Waals surface area contributed by atoms with Gasteiger partial charge in [0.15, 0.2) is 0 Å². The van der Waals surface area contributed by atoms with Gasteiger partial charge in [0.25, 0.3) is 5.91 Å². The Kier molecular flexibility index (Phi) is 7.54. The van der Waals surface area contributed by atoms with E-state index in [4.69, 9.17) is 5.26 Å². The first-order chi connectivity index (χ1) is 14.6. The van der Waals surface area contributed by atoms with E-state index in [1.807, 2.05) is 18.4 Å². The lowest BCUT2D eigenvalue weighted by molar-refractivity contribution is -0.117. The summed E-state index contributed by atoms with van der Waals surface area (Å²) in [5.41, 5.74) is 4.62. The summed E-state index contributed by atoms with van der Waals surface area (Å²) in [6.45, 7) is 2.03. The first-order valence-corrected chi connectivity index (χ1v) is 10.9. The van der Waals surface area contributed by atoms with E-state index in [0.717, 1.165) is 47.2 Å². The van der Waals surface area contributed by atoms with Gasteiger partial charge in [-0.15, -0.1) is 0 Å². The first-order valence-electron chi connectivity index (χ1n) is 10.1. The second kappa shape index (κ2) is 10.5. The molecule has 0 radical (unpaired) electrons. The van der Waals surface area contributed by atoms with Crippen LogP contribution in [0.1, 0.15) is 48.9 Å². The van der Waals surface area contributed by atoms with E-state index in [9.17, 15) is 10.1 Å². The maximum absolute atomic E-state index is 12.7. The van der Waals surface area contributed by atoms with Crippen molar-refractivity contribution in [3.8, 4) is 11.5 Å². The molecule has 0 saturated heterocycles. The summed E-state index contributed by atoms with van der Waals surface area (Å²) >= 11 is 1.08. The highest BCUT2D eigenvalue weighted by Crippen LogP contribution is 2.26. The number of carbonyl (C=O) groups is 1. The van der Waals surface area contributed by atoms with Crippen molar-refractivity contribution < 1.29 is 4.79 Å². The summed E-state index contributed by atoms with van der Waals surface area (Å²) in [5.74, 6) is -0.397. The minimum atomic E-state index is -0.397. The van der Waals surface area contributed by atoms with Crippen molar-refractivity contribution >= 4 is 23.4 Å². The minimum Gasteiger partial charge on any atom is -0.360 e. The van der Waals surface area contributed by atoms with E-state index in [2.05, 4.69) is 28.8 Å². The molecule has 1 aliphatic rings. The smallest absolute Gasteiger partial charge is 0.263 e. The molecule has 3 rings (SSSR count). The lowest BCUT2D eigenvalue weighted by Gasteiger charge is -2.21. The van der Waals surface area contributed by atoms with Crippen molar-refractivity contribution in [3.63, 3.8) is 0 Å². The van der Waals surface area contributed by atoms with Crippen LogP contribution >= 0.6 is 11.8 Å². The highest BCUT2D eigenvalue weighted by atomic mass is 32.2. The molecule has 30 heavy (non-hydrogen) atoms. The molecule has 1 aliphatic carbocycles. The molecule has 152 valence electrons. The molecule has 0 spiro atoms. The Morgan fingerprint density at radius 2 is 1.87 bits per heavy atom. The molecule has 1 unspecified atom stereocenters. The van der Waals surface area contributed by atoms with Crippen molar-refractivity contribution in [2.45, 2.75) is 50.0 Å². The Bertz CT molecular complexity index is 1010. The molecule has 5 nitrogen and oxygen atoms in total. The number of rotatable bonds is 7. The number of carbonyl (C=O) groups excluding carboxylic acids is 1. The lowest BCUT2D eigenvalue weighted by atomic mass is 9.88. The molecule has 0 aromatic heterocycles. The van der Waals surface area contributed by atoms with Crippen LogP contribution < -0.4 is 10.6 Å². The van der Waals surface area contributed by atoms with E-state index in [1.165, 1.54) is 30.2 Å². The van der Waals surface area contributed by atoms with Crippen LogP contribution in [0.15, 0.2) is 59.1 Å². The normalized spacial score (nSPS) is 14.0. The fourth-order valence-corrected chi connectivity index (χ4v) is 3.98. The number of hydrogen-bond acceptors (Lipinski definition) is 5. The summed E-state index contributed by atoms with van der Waals surface area (Å²) in [4.78, 5) is 13.5. The molecule has 0 bridgehead atoms. The zero-order valence-electron chi connectivity index (χ0n) is 16.9. The average Bonchev–Trinajstić information content (AvgIpc) is 2.78. The van der Waals surface area contributed by atoms with Crippen LogP contribution in [0.3, 0.4) is 0 Å². The third kappa shape index (κ3) is 5.43. The number of anilines is 1. The highest BCUT2D eigenvalue weighted by molar-refractivity contribution is 8.03. The summed E-state index contributed by atoms with van der Waals surface area (Å²) in [6, 6.07) is 15.5. The Hall–Kier alpha value is -3.22. The van der Waals surface area contributed by atoms with Gasteiger partial charge in [0, 0.05) is 16.8 Å². The number of aryl methyl sites for hydroxylation is 2. The number of nitrogens with one attached hydrogen (secondary N) is 2. The second-order valence-electron chi connectivity index (χ2n) is 7.20. The zero-order valence-corrected chi connectivity index (χ0v) is 17.8. The number of hydrogen-bond donors (Lipinski definition) is 2. The molecule has 0 aliphatic heterocycles. The van der Waals surface area contributed by atoms with Gasteiger partial charge in [0.1, 0.15) is 17.0 Å². The number of thioether (sulfide) groups is 1. The molecular weight excluding hydrogens is 392 g/mol. The maximum atomic E-state index is 12.7. The summed E-state index contributed by atoms with van der Waals surface area (Å²) < 4.78 is 0. The zero-order chi connectivity index (χ0) is 21.3. The Balaban J connectivity index is 1.68. The molecule has 2 N–H and O–H groups in total. The Morgan fingerprint density at radius 1 is 1.13 bits per heavy atom. The van der Waals surface area contributed by atoms with Crippen LogP contribution in [0.2, 0.25) is 0 Å². The van der Waals surface area contributed by atoms with Gasteiger partial charge < -0.3 is 10.6 Å². The van der Waals surface area contributed by atoms with Crippen molar-refractivity contribution in [1.29, 1.82) is 10.5 Å². The molecular formula is C24H24N4OS. The molecule has 0 saturated carbocycles. The molecule has 1 atom stereocenters. The first kappa shape index (κ1) is 21.5. The number of nitriles is 2. The number of amides is 1. The summed E-state index contributed by atoms with van der Waals surface area (Å²) in [7, 11) is 0. The van der Waals surface area contributed by atoms with Crippen LogP contribution in [-0.4, -0.2) is 5.91 Å². The third-order valence-corrected chi connectivity index (χ3v) is 5.85. The van der Waals surface area contributed by atoms with Crippen molar-refractivity contribution in [3.05, 3.63) is 70.9 Å². The topological polar surface area (TPSA) is 88.7 Å². The highest BCUT2D eigenvalue weighted by Gasteiger charge is 2.18. The Labute approximate surface area is 181 Å². The number of thiocyanates is 1. The third-order valence-electron chi connectivity index (χ3n) is 5.25. The molecule has 6 heteroatoms. The van der Waals surface area contributed by atoms with Crippen LogP contribution in [0.25, 0.3) is 0 Å². The van der Waals surface area contributed by atoms with Crippen molar-refractivity contribution in [2.75, 3.05) is 5.32 Å². The van der Waals surface area contributed by atoms with Gasteiger partial charge in [0.05, 0.1) is 6.04 Å². The Morgan fingerprint density at radius 3 is 2.53 bits per heavy atom. The van der Waals surface area contributed by atoms with Gasteiger partial charge in [-0.05, 0) is 84.8 Å². The van der Waals surface area contributed by atoms with Crippen LogP contribution in [0.4, 0.5) is 5.69 Å². The quantitative estimate of drug-likeness (QED) is 0.279. The SMILES string of the molecule is CCC(NC(=O)/C(C#N)=C\Nc1ccc(SC#N)cc1)c1ccc2c(c1)CCCC2. The van der Waals surface area contributed by atoms with Crippen LogP contribution in [-0.2, 0) is 17.6 Å². The number of benzene rings is 2. The fraction of sp³-hybridized carbons (Fsp3) is 0.292. The van der Waals surface area contributed by atoms with E-state index < -0.39 is 5.91 Å². The fourth-order valence-electron chi connectivity index (χ4n) is 3.60. The molecule has 2 aromatic carbocycles. The van der Waals surface area contributed by atoms with Gasteiger partial charge in [-0.1, -0.05) is 25.1 Å². The molecule has 0 fully saturated rings. The van der Waals surface area contributed by atoms with E-state index in [0.29, 0.717) is 0 Å². The average molecular weight is 417 g/mol. The van der Waals surface area contributed by atoms with E-state index >= 15 is 0 Å². The minimum absolute atomic E-state index is 0.0156. The molecule has 2 aromatic rings. The maximum Gasteiger partial charge on any atom is 0.263 e. The summed E-state index contributed by atoms with van der Waals surface area (Å²) in [6.07, 6.45) is 6.83. The van der Waals surface area contributed by atoms with Gasteiger partial charge in [-0.2, -0.15) is 10.5 Å². The predicted molar refractivity (Wildman–Crippen MR) is 119 cm³/mol. The second-order valence-corrected chi connectivity index (χ2v) is 8.06. The monoisotopic (exact) mass is 416 g/mol. The largest absolute Gasteiger partial charge is 0.360 e. The van der Waals surface area contributed by atoms with Crippen LogP contribution in [0.5, 0.6) is 0 Å². The molecule has 1 amide bonds. The molecule has 0 heterocycles. The van der Waals surface area contributed by atoms with Gasteiger partial charge >= 0.3 is 0 Å². The lowest BCUT2D eigenvalue weighted by Crippen LogP contribution is -2.29. The van der Waals surface area contributed by atoms with E-state index in [1.54, 1.807) is 24.3 Å². The number of nitrogens with zero attached hydrogens (tertiary/aromatic N) is 2. The van der Waals surface area contributed by atoms with Gasteiger partial charge in [-0.25, -0.2) is 0 Å². The van der Waals surface area contributed by atoms with Crippen molar-refractivity contribution in [1.82, 2.24) is 5.32 Å². The summed E-state index contributed by atoms with van der Waals surface area (Å²) in [5, 5.41) is 26.1. The number of fused-ring (bicyclic) bond motifs is 1. The van der Waals surface area contributed by atoms with E-state index in [-0.39, 0.29) is 11.6 Å². The van der Waals surface area contributed by atoms with Crippen LogP contribution in [0, 0.1) is 22.0 Å². The standard InChI is InChI=1S/C24H24N4OS/c1-2-23(19-8-7-17-5-3-4-6-18(17)13-19)28-24(29)20(14-25)15-27-21-9-11-22(12-10-21)30-16-26/h7-13,15,23,27H,2-6H2,1H3,(H,28,29)/b20-15-. The van der Waals surface area contributed by atoms with Gasteiger partial charge in [0.2, 0.25) is 0 Å². The van der Waals surface area contributed by atoms with Gasteiger partial charge in [-0.3, -0.25) is 4.79 Å². The predicted octanol–water partition coefficient (Wildman–Crippen LogP) is 5.23.